The summed E-state index contributed by atoms with van der Waals surface area (Å²) in [6.45, 7) is 8.32. The lowest BCUT2D eigenvalue weighted by Crippen LogP contribution is -2.31. The maximum absolute atomic E-state index is 5.64. The Morgan fingerprint density at radius 3 is 2.71 bits per heavy atom. The van der Waals surface area contributed by atoms with Crippen molar-refractivity contribution in [1.82, 2.24) is 4.98 Å². The fourth-order valence-corrected chi connectivity index (χ4v) is 1.97. The van der Waals surface area contributed by atoms with Crippen molar-refractivity contribution in [3.05, 3.63) is 24.0 Å². The minimum Gasteiger partial charge on any atom is -0.369 e. The molecule has 96 valence electrons. The first kappa shape index (κ1) is 14.0. The molecule has 0 unspecified atom stereocenters. The number of hydrogen-bond acceptors (Lipinski definition) is 3. The molecule has 0 aliphatic rings. The van der Waals surface area contributed by atoms with E-state index in [0.717, 1.165) is 12.2 Å². The molecule has 0 atom stereocenters. The lowest BCUT2D eigenvalue weighted by atomic mass is 10.2. The van der Waals surface area contributed by atoms with Gasteiger partial charge in [-0.1, -0.05) is 19.8 Å². The van der Waals surface area contributed by atoms with Crippen molar-refractivity contribution in [1.29, 1.82) is 0 Å². The predicted molar refractivity (Wildman–Crippen MR) is 74.1 cm³/mol. The van der Waals surface area contributed by atoms with Crippen molar-refractivity contribution in [2.24, 2.45) is 5.73 Å². The standard InChI is InChI=1S/C14H25N3/c1-4-5-6-9-17(12(2)3)14-7-8-16-13(10-14)11-15/h7-8,10,12H,4-6,9,11,15H2,1-3H3. The lowest BCUT2D eigenvalue weighted by molar-refractivity contribution is 0.625. The quantitative estimate of drug-likeness (QED) is 0.739. The molecular formula is C14H25N3. The number of nitrogens with zero attached hydrogens (tertiary/aromatic N) is 2. The molecule has 0 fully saturated rings. The zero-order valence-electron chi connectivity index (χ0n) is 11.3. The highest BCUT2D eigenvalue weighted by Crippen LogP contribution is 2.18. The van der Waals surface area contributed by atoms with Gasteiger partial charge in [-0.3, -0.25) is 4.98 Å². The second-order valence-electron chi connectivity index (χ2n) is 4.70. The number of hydrogen-bond donors (Lipinski definition) is 1. The average molecular weight is 235 g/mol. The average Bonchev–Trinajstić information content (AvgIpc) is 2.34. The molecule has 0 aliphatic carbocycles. The Balaban J connectivity index is 2.74. The molecule has 3 nitrogen and oxygen atoms in total. The van der Waals surface area contributed by atoms with Crippen LogP contribution in [-0.4, -0.2) is 17.6 Å². The zero-order chi connectivity index (χ0) is 12.7. The van der Waals surface area contributed by atoms with Crippen LogP contribution in [0.15, 0.2) is 18.3 Å². The summed E-state index contributed by atoms with van der Waals surface area (Å²) in [5.74, 6) is 0. The molecule has 1 heterocycles. The number of rotatable bonds is 7. The highest BCUT2D eigenvalue weighted by atomic mass is 15.1. The third-order valence-corrected chi connectivity index (χ3v) is 2.97. The first-order chi connectivity index (χ1) is 8.19. The van der Waals surface area contributed by atoms with Gasteiger partial charge in [-0.25, -0.2) is 0 Å². The molecule has 1 aromatic heterocycles. The molecule has 0 aromatic carbocycles. The molecule has 17 heavy (non-hydrogen) atoms. The minimum atomic E-state index is 0.509. The Kier molecular flexibility index (Phi) is 5.98. The van der Waals surface area contributed by atoms with Crippen LogP contribution in [0, 0.1) is 0 Å². The SMILES string of the molecule is CCCCCN(c1ccnc(CN)c1)C(C)C. The van der Waals surface area contributed by atoms with Crippen LogP contribution < -0.4 is 10.6 Å². The highest BCUT2D eigenvalue weighted by molar-refractivity contribution is 5.47. The van der Waals surface area contributed by atoms with E-state index >= 15 is 0 Å². The Hall–Kier alpha value is -1.09. The topological polar surface area (TPSA) is 42.2 Å². The van der Waals surface area contributed by atoms with Gasteiger partial charge in [0.2, 0.25) is 0 Å². The number of anilines is 1. The van der Waals surface area contributed by atoms with Crippen LogP contribution >= 0.6 is 0 Å². The van der Waals surface area contributed by atoms with E-state index in [1.807, 2.05) is 6.20 Å². The first-order valence-corrected chi connectivity index (χ1v) is 6.60. The second-order valence-corrected chi connectivity index (χ2v) is 4.70. The van der Waals surface area contributed by atoms with Gasteiger partial charge < -0.3 is 10.6 Å². The van der Waals surface area contributed by atoms with Gasteiger partial charge in [-0.2, -0.15) is 0 Å². The van der Waals surface area contributed by atoms with Crippen molar-refractivity contribution < 1.29 is 0 Å². The highest BCUT2D eigenvalue weighted by Gasteiger charge is 2.10. The number of pyridine rings is 1. The van der Waals surface area contributed by atoms with E-state index in [9.17, 15) is 0 Å². The molecule has 2 N–H and O–H groups in total. The second kappa shape index (κ2) is 7.28. The molecule has 0 aliphatic heterocycles. The van der Waals surface area contributed by atoms with Gasteiger partial charge in [0.05, 0.1) is 5.69 Å². The number of nitrogens with two attached hydrogens (primary N) is 1. The summed E-state index contributed by atoms with van der Waals surface area (Å²) >= 11 is 0. The summed E-state index contributed by atoms with van der Waals surface area (Å²) in [6.07, 6.45) is 5.65. The minimum absolute atomic E-state index is 0.509. The van der Waals surface area contributed by atoms with Gasteiger partial charge in [-0.15, -0.1) is 0 Å². The van der Waals surface area contributed by atoms with E-state index < -0.39 is 0 Å². The Morgan fingerprint density at radius 2 is 2.12 bits per heavy atom. The normalized spacial score (nSPS) is 10.9. The number of aromatic nitrogens is 1. The monoisotopic (exact) mass is 235 g/mol. The molecule has 0 spiro atoms. The lowest BCUT2D eigenvalue weighted by Gasteiger charge is -2.29. The molecule has 0 radical (unpaired) electrons. The summed E-state index contributed by atoms with van der Waals surface area (Å²) in [5.41, 5.74) is 7.84. The molecule has 0 saturated heterocycles. The molecule has 3 heteroatoms. The van der Waals surface area contributed by atoms with Crippen LogP contribution in [-0.2, 0) is 6.54 Å². The van der Waals surface area contributed by atoms with Crippen LogP contribution in [0.25, 0.3) is 0 Å². The predicted octanol–water partition coefficient (Wildman–Crippen LogP) is 2.95. The van der Waals surface area contributed by atoms with Crippen LogP contribution in [0.4, 0.5) is 5.69 Å². The summed E-state index contributed by atoms with van der Waals surface area (Å²) in [7, 11) is 0. The zero-order valence-corrected chi connectivity index (χ0v) is 11.3. The Labute approximate surface area is 105 Å². The Morgan fingerprint density at radius 1 is 1.35 bits per heavy atom. The van der Waals surface area contributed by atoms with Gasteiger partial charge in [0.25, 0.3) is 0 Å². The van der Waals surface area contributed by atoms with E-state index in [2.05, 4.69) is 42.8 Å². The summed E-state index contributed by atoms with van der Waals surface area (Å²) < 4.78 is 0. The van der Waals surface area contributed by atoms with Gasteiger partial charge >= 0.3 is 0 Å². The van der Waals surface area contributed by atoms with Crippen molar-refractivity contribution in [3.8, 4) is 0 Å². The van der Waals surface area contributed by atoms with Crippen LogP contribution in [0.2, 0.25) is 0 Å². The number of unbranched alkanes of at least 4 members (excludes halogenated alkanes) is 2. The van der Waals surface area contributed by atoms with Crippen molar-refractivity contribution in [3.63, 3.8) is 0 Å². The van der Waals surface area contributed by atoms with Crippen molar-refractivity contribution >= 4 is 5.69 Å². The van der Waals surface area contributed by atoms with Crippen molar-refractivity contribution in [2.75, 3.05) is 11.4 Å². The van der Waals surface area contributed by atoms with Crippen LogP contribution in [0.3, 0.4) is 0 Å². The van der Waals surface area contributed by atoms with E-state index in [0.29, 0.717) is 12.6 Å². The molecule has 1 rings (SSSR count). The van der Waals surface area contributed by atoms with Crippen molar-refractivity contribution in [2.45, 2.75) is 52.6 Å². The molecular weight excluding hydrogens is 210 g/mol. The van der Waals surface area contributed by atoms with Crippen LogP contribution in [0.5, 0.6) is 0 Å². The van der Waals surface area contributed by atoms with Gasteiger partial charge in [-0.05, 0) is 32.4 Å². The fourth-order valence-electron chi connectivity index (χ4n) is 1.97. The summed E-state index contributed by atoms with van der Waals surface area (Å²) in [5, 5.41) is 0. The van der Waals surface area contributed by atoms with Crippen LogP contribution in [0.1, 0.15) is 45.7 Å². The molecule has 0 bridgehead atoms. The van der Waals surface area contributed by atoms with E-state index in [1.54, 1.807) is 0 Å². The molecule has 0 saturated carbocycles. The third kappa shape index (κ3) is 4.35. The smallest absolute Gasteiger partial charge is 0.0560 e. The van der Waals surface area contributed by atoms with Gasteiger partial charge in [0, 0.05) is 31.0 Å². The first-order valence-electron chi connectivity index (χ1n) is 6.60. The van der Waals surface area contributed by atoms with E-state index in [1.165, 1.54) is 24.9 Å². The summed E-state index contributed by atoms with van der Waals surface area (Å²) in [6, 6.07) is 4.69. The third-order valence-electron chi connectivity index (χ3n) is 2.97. The van der Waals surface area contributed by atoms with E-state index in [4.69, 9.17) is 5.73 Å². The molecule has 0 amide bonds. The Bertz CT molecular complexity index is 323. The van der Waals surface area contributed by atoms with Gasteiger partial charge in [0.1, 0.15) is 0 Å². The maximum atomic E-state index is 5.64. The summed E-state index contributed by atoms with van der Waals surface area (Å²) in [4.78, 5) is 6.67. The fraction of sp³-hybridized carbons (Fsp3) is 0.643. The molecule has 1 aromatic rings. The maximum Gasteiger partial charge on any atom is 0.0560 e. The van der Waals surface area contributed by atoms with Gasteiger partial charge in [0.15, 0.2) is 0 Å². The largest absolute Gasteiger partial charge is 0.369 e. The van der Waals surface area contributed by atoms with E-state index in [-0.39, 0.29) is 0 Å².